The third kappa shape index (κ3) is 3.00. The van der Waals surface area contributed by atoms with Crippen molar-refractivity contribution in [2.45, 2.75) is 0 Å². The summed E-state index contributed by atoms with van der Waals surface area (Å²) in [6, 6.07) is 10.5. The van der Waals surface area contributed by atoms with Gasteiger partial charge in [-0.05, 0) is 12.1 Å². The molecule has 0 amide bonds. The first-order valence-electron chi connectivity index (χ1n) is 5.85. The van der Waals surface area contributed by atoms with Gasteiger partial charge in [0.2, 0.25) is 0 Å². The van der Waals surface area contributed by atoms with Crippen LogP contribution in [0.5, 0.6) is 0 Å². The summed E-state index contributed by atoms with van der Waals surface area (Å²) in [5.74, 6) is -2.18. The second-order valence-corrected chi connectivity index (χ2v) is 4.66. The molecule has 0 unspecified atom stereocenters. The van der Waals surface area contributed by atoms with Crippen LogP contribution >= 0.6 is 11.6 Å². The predicted octanol–water partition coefficient (Wildman–Crippen LogP) is 2.47. The lowest BCUT2D eigenvalue weighted by atomic mass is 10.1. The zero-order chi connectivity index (χ0) is 14.7. The number of hydrogen-bond acceptors (Lipinski definition) is 3. The minimum atomic E-state index is -1.09. The molecule has 0 heterocycles. The van der Waals surface area contributed by atoms with Crippen LogP contribution in [0, 0.1) is 0 Å². The number of carboxylic acid groups (broad SMARTS) is 2. The molecular weight excluding hydrogens is 282 g/mol. The minimum Gasteiger partial charge on any atom is -0.480 e. The highest BCUT2D eigenvalue weighted by atomic mass is 35.5. The van der Waals surface area contributed by atoms with Crippen molar-refractivity contribution in [1.82, 2.24) is 0 Å². The zero-order valence-electron chi connectivity index (χ0n) is 10.4. The lowest BCUT2D eigenvalue weighted by Crippen LogP contribution is -2.34. The van der Waals surface area contributed by atoms with Crippen molar-refractivity contribution in [2.75, 3.05) is 18.0 Å². The molecule has 20 heavy (non-hydrogen) atoms. The largest absolute Gasteiger partial charge is 0.480 e. The number of fused-ring (bicyclic) bond motifs is 1. The number of anilines is 1. The SMILES string of the molecule is O=C(O)CN(CC(=O)O)c1ccc(Cl)c2ccccc12. The van der Waals surface area contributed by atoms with Gasteiger partial charge in [-0.3, -0.25) is 9.59 Å². The third-order valence-corrected chi connectivity index (χ3v) is 3.17. The van der Waals surface area contributed by atoms with Crippen molar-refractivity contribution in [3.8, 4) is 0 Å². The average molecular weight is 294 g/mol. The summed E-state index contributed by atoms with van der Waals surface area (Å²) in [5.41, 5.74) is 0.537. The summed E-state index contributed by atoms with van der Waals surface area (Å²) < 4.78 is 0. The van der Waals surface area contributed by atoms with Crippen LogP contribution in [0.1, 0.15) is 0 Å². The molecule has 0 aliphatic rings. The Morgan fingerprint density at radius 3 is 2.05 bits per heavy atom. The minimum absolute atomic E-state index is 0.391. The molecule has 104 valence electrons. The van der Waals surface area contributed by atoms with Gasteiger partial charge in [0.05, 0.1) is 0 Å². The molecule has 6 heteroatoms. The van der Waals surface area contributed by atoms with Gasteiger partial charge in [0, 0.05) is 21.5 Å². The Morgan fingerprint density at radius 1 is 0.950 bits per heavy atom. The number of nitrogens with zero attached hydrogens (tertiary/aromatic N) is 1. The van der Waals surface area contributed by atoms with Crippen LogP contribution in [-0.2, 0) is 9.59 Å². The molecule has 0 spiro atoms. The highest BCUT2D eigenvalue weighted by Gasteiger charge is 2.17. The number of aliphatic carboxylic acids is 2. The number of hydrogen-bond donors (Lipinski definition) is 2. The van der Waals surface area contributed by atoms with E-state index >= 15 is 0 Å². The van der Waals surface area contributed by atoms with Gasteiger partial charge in [-0.2, -0.15) is 0 Å². The molecule has 0 fully saturated rings. The molecule has 0 saturated carbocycles. The van der Waals surface area contributed by atoms with Gasteiger partial charge >= 0.3 is 11.9 Å². The molecule has 2 rings (SSSR count). The van der Waals surface area contributed by atoms with Crippen molar-refractivity contribution in [1.29, 1.82) is 0 Å². The van der Waals surface area contributed by atoms with Crippen molar-refractivity contribution in [3.63, 3.8) is 0 Å². The molecule has 2 aromatic carbocycles. The normalized spacial score (nSPS) is 10.4. The van der Waals surface area contributed by atoms with Gasteiger partial charge in [0.25, 0.3) is 0 Å². The van der Waals surface area contributed by atoms with Gasteiger partial charge < -0.3 is 15.1 Å². The fraction of sp³-hybridized carbons (Fsp3) is 0.143. The molecule has 5 nitrogen and oxygen atoms in total. The maximum atomic E-state index is 10.9. The monoisotopic (exact) mass is 293 g/mol. The Balaban J connectivity index is 2.55. The predicted molar refractivity (Wildman–Crippen MR) is 76.4 cm³/mol. The highest BCUT2D eigenvalue weighted by Crippen LogP contribution is 2.31. The molecule has 0 saturated heterocycles. The molecular formula is C14H12ClNO4. The third-order valence-electron chi connectivity index (χ3n) is 2.84. The van der Waals surface area contributed by atoms with Crippen molar-refractivity contribution in [2.24, 2.45) is 0 Å². The molecule has 2 aromatic rings. The summed E-state index contributed by atoms with van der Waals surface area (Å²) >= 11 is 6.09. The molecule has 0 bridgehead atoms. The fourth-order valence-electron chi connectivity index (χ4n) is 2.07. The number of carboxylic acids is 2. The smallest absolute Gasteiger partial charge is 0.323 e. The van der Waals surface area contributed by atoms with Crippen LogP contribution in [0.4, 0.5) is 5.69 Å². The van der Waals surface area contributed by atoms with Crippen LogP contribution in [0.25, 0.3) is 10.8 Å². The Bertz CT molecular complexity index is 655. The lowest BCUT2D eigenvalue weighted by molar-refractivity contribution is -0.136. The Kier molecular flexibility index (Phi) is 4.10. The van der Waals surface area contributed by atoms with E-state index < -0.39 is 25.0 Å². The fourth-order valence-corrected chi connectivity index (χ4v) is 2.30. The van der Waals surface area contributed by atoms with E-state index in [4.69, 9.17) is 21.8 Å². The van der Waals surface area contributed by atoms with E-state index in [2.05, 4.69) is 0 Å². The van der Waals surface area contributed by atoms with Gasteiger partial charge in [-0.1, -0.05) is 35.9 Å². The molecule has 2 N–H and O–H groups in total. The summed E-state index contributed by atoms with van der Waals surface area (Å²) in [7, 11) is 0. The maximum Gasteiger partial charge on any atom is 0.323 e. The first-order chi connectivity index (χ1) is 9.49. The van der Waals surface area contributed by atoms with Gasteiger partial charge in [-0.25, -0.2) is 0 Å². The first-order valence-corrected chi connectivity index (χ1v) is 6.22. The zero-order valence-corrected chi connectivity index (χ0v) is 11.2. The van der Waals surface area contributed by atoms with Gasteiger partial charge in [0.1, 0.15) is 13.1 Å². The van der Waals surface area contributed by atoms with Crippen LogP contribution in [0.2, 0.25) is 5.02 Å². The second kappa shape index (κ2) is 5.79. The van der Waals surface area contributed by atoms with Crippen LogP contribution in [0.3, 0.4) is 0 Å². The average Bonchev–Trinajstić information content (AvgIpc) is 2.37. The Hall–Kier alpha value is -2.27. The van der Waals surface area contributed by atoms with E-state index in [1.54, 1.807) is 30.3 Å². The van der Waals surface area contributed by atoms with E-state index in [1.165, 1.54) is 4.90 Å². The van der Waals surface area contributed by atoms with Gasteiger partial charge in [0.15, 0.2) is 0 Å². The quantitative estimate of drug-likeness (QED) is 0.885. The molecule has 0 atom stereocenters. The number of carbonyl (C=O) groups is 2. The van der Waals surface area contributed by atoms with Crippen molar-refractivity contribution >= 4 is 40.0 Å². The van der Waals surface area contributed by atoms with E-state index in [9.17, 15) is 9.59 Å². The van der Waals surface area contributed by atoms with Crippen LogP contribution in [0.15, 0.2) is 36.4 Å². The Morgan fingerprint density at radius 2 is 1.50 bits per heavy atom. The van der Waals surface area contributed by atoms with Crippen molar-refractivity contribution in [3.05, 3.63) is 41.4 Å². The number of halogens is 1. The van der Waals surface area contributed by atoms with E-state index in [0.717, 1.165) is 10.8 Å². The summed E-state index contributed by atoms with van der Waals surface area (Å²) in [5, 5.41) is 19.9. The molecule has 0 radical (unpaired) electrons. The Labute approximate surface area is 120 Å². The van der Waals surface area contributed by atoms with E-state index in [1.807, 2.05) is 6.07 Å². The topological polar surface area (TPSA) is 77.8 Å². The number of benzene rings is 2. The molecule has 0 aromatic heterocycles. The van der Waals surface area contributed by atoms with Crippen LogP contribution in [-0.4, -0.2) is 35.2 Å². The number of rotatable bonds is 5. The summed E-state index contributed by atoms with van der Waals surface area (Å²) in [6.45, 7) is -0.782. The van der Waals surface area contributed by atoms with Gasteiger partial charge in [-0.15, -0.1) is 0 Å². The van der Waals surface area contributed by atoms with E-state index in [0.29, 0.717) is 10.7 Å². The molecule has 0 aliphatic carbocycles. The highest BCUT2D eigenvalue weighted by molar-refractivity contribution is 6.36. The lowest BCUT2D eigenvalue weighted by Gasteiger charge is -2.22. The standard InChI is InChI=1S/C14H12ClNO4/c15-11-5-6-12(10-4-2-1-3-9(10)11)16(7-13(17)18)8-14(19)20/h1-6H,7-8H2,(H,17,18)(H,19,20). The first kappa shape index (κ1) is 14.1. The summed E-state index contributed by atoms with van der Waals surface area (Å²) in [6.07, 6.45) is 0. The summed E-state index contributed by atoms with van der Waals surface area (Å²) in [4.78, 5) is 23.1. The molecule has 0 aliphatic heterocycles. The van der Waals surface area contributed by atoms with E-state index in [-0.39, 0.29) is 0 Å². The maximum absolute atomic E-state index is 10.9. The second-order valence-electron chi connectivity index (χ2n) is 4.26. The van der Waals surface area contributed by atoms with Crippen LogP contribution < -0.4 is 4.90 Å². The van der Waals surface area contributed by atoms with Crippen molar-refractivity contribution < 1.29 is 19.8 Å².